The van der Waals surface area contributed by atoms with Gasteiger partial charge in [-0.3, -0.25) is 0 Å². The van der Waals surface area contributed by atoms with E-state index in [2.05, 4.69) is 9.97 Å². The van der Waals surface area contributed by atoms with Crippen LogP contribution in [0.25, 0.3) is 0 Å². The van der Waals surface area contributed by atoms with E-state index in [0.29, 0.717) is 21.5 Å². The van der Waals surface area contributed by atoms with Gasteiger partial charge in [-0.1, -0.05) is 12.1 Å². The smallest absolute Gasteiger partial charge is 0.384 e. The average molecular weight is 468 g/mol. The van der Waals surface area contributed by atoms with Gasteiger partial charge in [-0.05, 0) is 60.8 Å². The predicted molar refractivity (Wildman–Crippen MR) is 113 cm³/mol. The Morgan fingerprint density at radius 2 is 1.88 bits per heavy atom. The molecule has 0 amide bonds. The van der Waals surface area contributed by atoms with Gasteiger partial charge < -0.3 is 10.6 Å². The van der Waals surface area contributed by atoms with Gasteiger partial charge in [-0.2, -0.15) is 17.5 Å². The first-order chi connectivity index (χ1) is 15.1. The highest BCUT2D eigenvalue weighted by atomic mass is 32.2. The van der Waals surface area contributed by atoms with Gasteiger partial charge >= 0.3 is 15.5 Å². The number of rotatable bonds is 5. The summed E-state index contributed by atoms with van der Waals surface area (Å²) in [5.74, 6) is 1.12. The summed E-state index contributed by atoms with van der Waals surface area (Å²) in [5.41, 5.74) is 2.81. The molecular formula is C21H24F3N5O2S. The summed E-state index contributed by atoms with van der Waals surface area (Å²) < 4.78 is 66.3. The molecule has 11 heteroatoms. The zero-order valence-electron chi connectivity index (χ0n) is 17.3. The SMILES string of the molecule is Nc1ccnc(CN2c3cccc(C4CC4)c3CN(S(=O)(=O)C(F)(F)F)CC2C2CC2)n1. The average Bonchev–Trinajstić information content (AvgIpc) is 3.61. The fraction of sp³-hybridized carbons (Fsp3) is 0.524. The van der Waals surface area contributed by atoms with E-state index in [-0.39, 0.29) is 31.5 Å². The van der Waals surface area contributed by atoms with Crippen LogP contribution >= 0.6 is 0 Å². The number of halogens is 3. The number of fused-ring (bicyclic) bond motifs is 1. The molecule has 1 aromatic heterocycles. The van der Waals surface area contributed by atoms with Gasteiger partial charge in [-0.25, -0.2) is 18.4 Å². The predicted octanol–water partition coefficient (Wildman–Crippen LogP) is 3.39. The number of nitrogens with two attached hydrogens (primary N) is 1. The van der Waals surface area contributed by atoms with Crippen LogP contribution in [-0.2, 0) is 23.1 Å². The van der Waals surface area contributed by atoms with Crippen LogP contribution in [0.2, 0.25) is 0 Å². The summed E-state index contributed by atoms with van der Waals surface area (Å²) in [6.07, 6.45) is 5.14. The standard InChI is InChI=1S/C21H24F3N5O2S/c22-21(23,24)32(30,31)28-10-16-15(13-4-5-13)2-1-3-17(16)29(18(11-28)14-6-7-14)12-20-26-9-8-19(25)27-20/h1-3,8-9,13-14,18H,4-7,10-12H2,(H2,25,26,27). The van der Waals surface area contributed by atoms with E-state index in [4.69, 9.17) is 5.73 Å². The number of anilines is 2. The van der Waals surface area contributed by atoms with Crippen molar-refractivity contribution in [2.75, 3.05) is 17.2 Å². The van der Waals surface area contributed by atoms with Gasteiger partial charge in [0, 0.05) is 31.0 Å². The molecule has 2 aromatic rings. The van der Waals surface area contributed by atoms with Crippen LogP contribution < -0.4 is 10.6 Å². The minimum absolute atomic E-state index is 0.109. The van der Waals surface area contributed by atoms with Crippen LogP contribution in [0.1, 0.15) is 48.6 Å². The molecule has 1 aromatic carbocycles. The normalized spacial score (nSPS) is 22.5. The van der Waals surface area contributed by atoms with Gasteiger partial charge in [-0.15, -0.1) is 0 Å². The number of hydrogen-bond donors (Lipinski definition) is 1. The fourth-order valence-electron chi connectivity index (χ4n) is 4.60. The highest BCUT2D eigenvalue weighted by Gasteiger charge is 2.53. The maximum absolute atomic E-state index is 13.6. The fourth-order valence-corrected chi connectivity index (χ4v) is 5.54. The van der Waals surface area contributed by atoms with Crippen LogP contribution in [0.3, 0.4) is 0 Å². The van der Waals surface area contributed by atoms with Crippen molar-refractivity contribution in [2.24, 2.45) is 5.92 Å². The molecule has 2 heterocycles. The molecule has 1 unspecified atom stereocenters. The van der Waals surface area contributed by atoms with Crippen molar-refractivity contribution >= 4 is 21.5 Å². The summed E-state index contributed by atoms with van der Waals surface area (Å²) in [4.78, 5) is 10.6. The Hall–Kier alpha value is -2.40. The van der Waals surface area contributed by atoms with Crippen molar-refractivity contribution in [3.05, 3.63) is 47.4 Å². The van der Waals surface area contributed by atoms with E-state index in [1.54, 1.807) is 12.3 Å². The molecule has 2 fully saturated rings. The van der Waals surface area contributed by atoms with E-state index >= 15 is 0 Å². The molecule has 0 saturated heterocycles. The lowest BCUT2D eigenvalue weighted by Crippen LogP contribution is -2.47. The van der Waals surface area contributed by atoms with E-state index < -0.39 is 21.6 Å². The van der Waals surface area contributed by atoms with E-state index in [1.165, 1.54) is 0 Å². The minimum atomic E-state index is -5.47. The maximum Gasteiger partial charge on any atom is 0.511 e. The van der Waals surface area contributed by atoms with Crippen LogP contribution in [0.4, 0.5) is 24.7 Å². The Bertz CT molecular complexity index is 1130. The van der Waals surface area contributed by atoms with Gasteiger partial charge in [0.15, 0.2) is 0 Å². The van der Waals surface area contributed by atoms with E-state index in [0.717, 1.165) is 36.9 Å². The molecule has 172 valence electrons. The molecular weight excluding hydrogens is 443 g/mol. The second-order valence-corrected chi connectivity index (χ2v) is 10.7. The van der Waals surface area contributed by atoms with Crippen LogP contribution in [-0.4, -0.2) is 40.8 Å². The number of nitrogens with zero attached hydrogens (tertiary/aromatic N) is 4. The third-order valence-corrected chi connectivity index (χ3v) is 8.02. The molecule has 1 atom stereocenters. The number of aromatic nitrogens is 2. The lowest BCUT2D eigenvalue weighted by molar-refractivity contribution is -0.0492. The molecule has 7 nitrogen and oxygen atoms in total. The van der Waals surface area contributed by atoms with Crippen LogP contribution in [0.5, 0.6) is 0 Å². The van der Waals surface area contributed by atoms with Crippen molar-refractivity contribution in [3.63, 3.8) is 0 Å². The minimum Gasteiger partial charge on any atom is -0.384 e. The Kier molecular flexibility index (Phi) is 5.08. The maximum atomic E-state index is 13.6. The highest BCUT2D eigenvalue weighted by Crippen LogP contribution is 2.48. The molecule has 1 aliphatic heterocycles. The number of nitrogen functional groups attached to an aromatic ring is 1. The summed E-state index contributed by atoms with van der Waals surface area (Å²) in [6.45, 7) is -0.276. The van der Waals surface area contributed by atoms with Gasteiger partial charge in [0.1, 0.15) is 11.6 Å². The summed E-state index contributed by atoms with van der Waals surface area (Å²) in [6, 6.07) is 6.83. The Morgan fingerprint density at radius 1 is 1.12 bits per heavy atom. The largest absolute Gasteiger partial charge is 0.511 e. The molecule has 0 radical (unpaired) electrons. The zero-order chi connectivity index (χ0) is 22.7. The molecule has 0 bridgehead atoms. The van der Waals surface area contributed by atoms with E-state index in [1.807, 2.05) is 23.1 Å². The van der Waals surface area contributed by atoms with Crippen molar-refractivity contribution in [1.82, 2.24) is 14.3 Å². The second kappa shape index (κ2) is 7.58. The summed E-state index contributed by atoms with van der Waals surface area (Å²) >= 11 is 0. The first-order valence-electron chi connectivity index (χ1n) is 10.7. The molecule has 5 rings (SSSR count). The quantitative estimate of drug-likeness (QED) is 0.725. The summed E-state index contributed by atoms with van der Waals surface area (Å²) in [7, 11) is -5.47. The third kappa shape index (κ3) is 3.92. The molecule has 2 N–H and O–H groups in total. The number of sulfonamides is 1. The molecule has 32 heavy (non-hydrogen) atoms. The number of benzene rings is 1. The third-order valence-electron chi connectivity index (χ3n) is 6.48. The topological polar surface area (TPSA) is 92.4 Å². The molecule has 2 saturated carbocycles. The van der Waals surface area contributed by atoms with Crippen LogP contribution in [0.15, 0.2) is 30.5 Å². The van der Waals surface area contributed by atoms with Crippen molar-refractivity contribution in [1.29, 1.82) is 0 Å². The molecule has 2 aliphatic carbocycles. The highest BCUT2D eigenvalue weighted by molar-refractivity contribution is 7.89. The van der Waals surface area contributed by atoms with Gasteiger partial charge in [0.25, 0.3) is 0 Å². The lowest BCUT2D eigenvalue weighted by Gasteiger charge is -2.34. The second-order valence-electron chi connectivity index (χ2n) is 8.79. The van der Waals surface area contributed by atoms with Crippen molar-refractivity contribution in [3.8, 4) is 0 Å². The Morgan fingerprint density at radius 3 is 2.50 bits per heavy atom. The monoisotopic (exact) mass is 467 g/mol. The Labute approximate surface area is 184 Å². The first-order valence-corrected chi connectivity index (χ1v) is 12.1. The van der Waals surface area contributed by atoms with Crippen molar-refractivity contribution in [2.45, 2.75) is 56.2 Å². The number of hydrogen-bond acceptors (Lipinski definition) is 6. The van der Waals surface area contributed by atoms with Crippen LogP contribution in [0, 0.1) is 5.92 Å². The summed E-state index contributed by atoms with van der Waals surface area (Å²) in [5, 5.41) is 0. The molecule has 0 spiro atoms. The first kappa shape index (κ1) is 21.4. The number of alkyl halides is 3. The van der Waals surface area contributed by atoms with Crippen molar-refractivity contribution < 1.29 is 21.6 Å². The van der Waals surface area contributed by atoms with Gasteiger partial charge in [0.2, 0.25) is 0 Å². The molecule has 3 aliphatic rings. The van der Waals surface area contributed by atoms with E-state index in [9.17, 15) is 21.6 Å². The Balaban J connectivity index is 1.63. The lowest BCUT2D eigenvalue weighted by atomic mass is 10.00. The zero-order valence-corrected chi connectivity index (χ0v) is 18.1. The van der Waals surface area contributed by atoms with Gasteiger partial charge in [0.05, 0.1) is 6.54 Å².